The van der Waals surface area contributed by atoms with E-state index >= 15 is 0 Å². The maximum Gasteiger partial charge on any atom is 0.335 e. The molecule has 0 amide bonds. The predicted molar refractivity (Wildman–Crippen MR) is 135 cm³/mol. The van der Waals surface area contributed by atoms with Crippen LogP contribution in [0.5, 0.6) is 5.75 Å². The quantitative estimate of drug-likeness (QED) is 0.228. The smallest absolute Gasteiger partial charge is 0.335 e. The summed E-state index contributed by atoms with van der Waals surface area (Å²) in [6, 6.07) is 25.3. The number of unbranched alkanes of at least 4 members (excludes halogenated alkanes) is 1. The van der Waals surface area contributed by atoms with E-state index in [2.05, 4.69) is 55.5 Å². The Balaban J connectivity index is 1.34. The number of carbonyl (C=O) groups is 1. The van der Waals surface area contributed by atoms with Crippen molar-refractivity contribution in [3.63, 3.8) is 0 Å². The number of fused-ring (bicyclic) bond motifs is 3. The fourth-order valence-corrected chi connectivity index (χ4v) is 4.62. The van der Waals surface area contributed by atoms with Gasteiger partial charge in [0.05, 0.1) is 13.2 Å². The van der Waals surface area contributed by atoms with Gasteiger partial charge in [-0.2, -0.15) is 0 Å². The van der Waals surface area contributed by atoms with E-state index in [1.807, 2.05) is 31.2 Å². The minimum absolute atomic E-state index is 0.295. The maximum absolute atomic E-state index is 12.3. The molecule has 3 aromatic carbocycles. The van der Waals surface area contributed by atoms with Crippen LogP contribution in [0.25, 0.3) is 11.1 Å². The van der Waals surface area contributed by atoms with Crippen LogP contribution in [0.2, 0.25) is 0 Å². The molecular weight excluding hydrogens is 424 g/mol. The number of carbonyl (C=O) groups excluding carboxylic acids is 1. The van der Waals surface area contributed by atoms with E-state index in [-0.39, 0.29) is 5.97 Å². The lowest BCUT2D eigenvalue weighted by atomic mass is 9.94. The third-order valence-electron chi connectivity index (χ3n) is 6.35. The summed E-state index contributed by atoms with van der Waals surface area (Å²) in [7, 11) is 0. The Morgan fingerprint density at radius 3 is 2.12 bits per heavy atom. The molecule has 0 heterocycles. The normalized spacial score (nSPS) is 13.2. The van der Waals surface area contributed by atoms with Crippen LogP contribution in [0, 0.1) is 0 Å². The molecule has 0 spiro atoms. The van der Waals surface area contributed by atoms with Crippen LogP contribution in [0.15, 0.2) is 72.8 Å². The van der Waals surface area contributed by atoms with Crippen molar-refractivity contribution < 1.29 is 19.0 Å². The van der Waals surface area contributed by atoms with Gasteiger partial charge in [0.2, 0.25) is 0 Å². The predicted octanol–water partition coefficient (Wildman–Crippen LogP) is 6.56. The second-order valence-corrected chi connectivity index (χ2v) is 8.68. The van der Waals surface area contributed by atoms with E-state index in [1.54, 1.807) is 0 Å². The molecule has 34 heavy (non-hydrogen) atoms. The Kier molecular flexibility index (Phi) is 8.37. The van der Waals surface area contributed by atoms with Gasteiger partial charge in [0, 0.05) is 18.9 Å². The second-order valence-electron chi connectivity index (χ2n) is 8.68. The molecule has 0 saturated carbocycles. The molecule has 1 atom stereocenters. The van der Waals surface area contributed by atoms with Crippen molar-refractivity contribution in [2.24, 2.45) is 0 Å². The molecule has 0 bridgehead atoms. The van der Waals surface area contributed by atoms with E-state index in [0.29, 0.717) is 32.2 Å². The van der Waals surface area contributed by atoms with Gasteiger partial charge in [-0.05, 0) is 59.7 Å². The van der Waals surface area contributed by atoms with Crippen LogP contribution in [0.1, 0.15) is 55.7 Å². The third kappa shape index (κ3) is 5.68. The highest BCUT2D eigenvalue weighted by molar-refractivity contribution is 5.78. The van der Waals surface area contributed by atoms with Crippen LogP contribution in [-0.4, -0.2) is 31.9 Å². The first-order valence-corrected chi connectivity index (χ1v) is 12.4. The van der Waals surface area contributed by atoms with E-state index in [1.165, 1.54) is 22.3 Å². The van der Waals surface area contributed by atoms with Crippen molar-refractivity contribution in [3.05, 3.63) is 89.5 Å². The number of esters is 1. The standard InChI is InChI=1S/C30H34O4/c1-3-5-19-34-29(30(31)32-4-2)21-22-14-16-23(17-15-22)33-20-18-28-26-12-8-6-10-24(26)25-11-7-9-13-27(25)28/h6-17,28-29H,3-5,18-21H2,1-2H3. The molecule has 3 aromatic rings. The molecule has 4 rings (SSSR count). The average molecular weight is 459 g/mol. The highest BCUT2D eigenvalue weighted by Crippen LogP contribution is 2.45. The van der Waals surface area contributed by atoms with Gasteiger partial charge >= 0.3 is 5.97 Å². The molecule has 4 heteroatoms. The van der Waals surface area contributed by atoms with Crippen molar-refractivity contribution in [2.75, 3.05) is 19.8 Å². The van der Waals surface area contributed by atoms with E-state index in [9.17, 15) is 4.79 Å². The van der Waals surface area contributed by atoms with Gasteiger partial charge in [-0.25, -0.2) is 4.79 Å². The van der Waals surface area contributed by atoms with Gasteiger partial charge in [0.25, 0.3) is 0 Å². The molecule has 0 N–H and O–H groups in total. The van der Waals surface area contributed by atoms with Crippen molar-refractivity contribution in [1.82, 2.24) is 0 Å². The first kappa shape index (κ1) is 24.0. The van der Waals surface area contributed by atoms with Crippen molar-refractivity contribution in [1.29, 1.82) is 0 Å². The minimum Gasteiger partial charge on any atom is -0.494 e. The van der Waals surface area contributed by atoms with Gasteiger partial charge in [-0.15, -0.1) is 0 Å². The summed E-state index contributed by atoms with van der Waals surface area (Å²) >= 11 is 0. The molecule has 0 saturated heterocycles. The molecule has 178 valence electrons. The fourth-order valence-electron chi connectivity index (χ4n) is 4.62. The van der Waals surface area contributed by atoms with E-state index in [0.717, 1.165) is 30.6 Å². The lowest BCUT2D eigenvalue weighted by molar-refractivity contribution is -0.156. The molecular formula is C30H34O4. The number of ether oxygens (including phenoxy) is 3. The summed E-state index contributed by atoms with van der Waals surface area (Å²) in [5.41, 5.74) is 6.47. The lowest BCUT2D eigenvalue weighted by Gasteiger charge is -2.17. The Bertz CT molecular complexity index is 1030. The number of hydrogen-bond donors (Lipinski definition) is 0. The van der Waals surface area contributed by atoms with Crippen LogP contribution in [0.4, 0.5) is 0 Å². The highest BCUT2D eigenvalue weighted by atomic mass is 16.6. The Morgan fingerprint density at radius 2 is 1.50 bits per heavy atom. The largest absolute Gasteiger partial charge is 0.494 e. The topological polar surface area (TPSA) is 44.8 Å². The van der Waals surface area contributed by atoms with Crippen LogP contribution in [0.3, 0.4) is 0 Å². The summed E-state index contributed by atoms with van der Waals surface area (Å²) in [5, 5.41) is 0. The Hall–Kier alpha value is -3.11. The van der Waals surface area contributed by atoms with Crippen molar-refractivity contribution in [3.8, 4) is 16.9 Å². The zero-order chi connectivity index (χ0) is 23.8. The first-order valence-electron chi connectivity index (χ1n) is 12.4. The molecule has 4 nitrogen and oxygen atoms in total. The van der Waals surface area contributed by atoms with Crippen LogP contribution < -0.4 is 4.74 Å². The fraction of sp³-hybridized carbons (Fsp3) is 0.367. The molecule has 0 aromatic heterocycles. The minimum atomic E-state index is -0.569. The van der Waals surface area contributed by atoms with Gasteiger partial charge in [0.1, 0.15) is 5.75 Å². The van der Waals surface area contributed by atoms with Crippen LogP contribution in [-0.2, 0) is 20.7 Å². The number of benzene rings is 3. The average Bonchev–Trinajstić information content (AvgIpc) is 3.18. The second kappa shape index (κ2) is 11.8. The van der Waals surface area contributed by atoms with Crippen molar-refractivity contribution >= 4 is 5.97 Å². The molecule has 1 aliphatic rings. The maximum atomic E-state index is 12.3. The molecule has 1 unspecified atom stereocenters. The first-order chi connectivity index (χ1) is 16.7. The van der Waals surface area contributed by atoms with Gasteiger partial charge in [-0.1, -0.05) is 74.0 Å². The van der Waals surface area contributed by atoms with E-state index < -0.39 is 6.10 Å². The highest BCUT2D eigenvalue weighted by Gasteiger charge is 2.27. The zero-order valence-corrected chi connectivity index (χ0v) is 20.2. The lowest BCUT2D eigenvalue weighted by Crippen LogP contribution is -2.29. The number of rotatable bonds is 12. The monoisotopic (exact) mass is 458 g/mol. The summed E-state index contributed by atoms with van der Waals surface area (Å²) in [6.45, 7) is 5.48. The van der Waals surface area contributed by atoms with Crippen molar-refractivity contribution in [2.45, 2.75) is 51.6 Å². The Morgan fingerprint density at radius 1 is 0.853 bits per heavy atom. The number of hydrogen-bond acceptors (Lipinski definition) is 4. The summed E-state index contributed by atoms with van der Waals surface area (Å²) in [6.07, 6.45) is 2.81. The van der Waals surface area contributed by atoms with E-state index in [4.69, 9.17) is 14.2 Å². The molecule has 0 fully saturated rings. The molecule has 0 aliphatic heterocycles. The van der Waals surface area contributed by atoms with Gasteiger partial charge in [0.15, 0.2) is 6.10 Å². The third-order valence-corrected chi connectivity index (χ3v) is 6.35. The Labute approximate surface area is 202 Å². The van der Waals surface area contributed by atoms with Gasteiger partial charge in [-0.3, -0.25) is 0 Å². The van der Waals surface area contributed by atoms with Gasteiger partial charge < -0.3 is 14.2 Å². The molecule has 1 aliphatic carbocycles. The van der Waals surface area contributed by atoms with Crippen LogP contribution >= 0.6 is 0 Å². The summed E-state index contributed by atoms with van der Waals surface area (Å²) < 4.78 is 17.1. The summed E-state index contributed by atoms with van der Waals surface area (Å²) in [4.78, 5) is 12.3. The zero-order valence-electron chi connectivity index (χ0n) is 20.2. The summed E-state index contributed by atoms with van der Waals surface area (Å²) in [5.74, 6) is 0.899. The SMILES string of the molecule is CCCCOC(Cc1ccc(OCCC2c3ccccc3-c3ccccc32)cc1)C(=O)OCC. The molecule has 0 radical (unpaired) electrons.